The summed E-state index contributed by atoms with van der Waals surface area (Å²) in [5, 5.41) is 13.2. The molecule has 1 saturated carbocycles. The van der Waals surface area contributed by atoms with Crippen molar-refractivity contribution in [1.82, 2.24) is 5.32 Å². The Hall–Kier alpha value is -0.710. The van der Waals surface area contributed by atoms with E-state index in [2.05, 4.69) is 17.4 Å². The molecule has 0 amide bonds. The van der Waals surface area contributed by atoms with Gasteiger partial charge in [0.15, 0.2) is 0 Å². The predicted molar refractivity (Wildman–Crippen MR) is 89.2 cm³/mol. The Bertz CT molecular complexity index is 404. The Balaban J connectivity index is 1.40. The number of hydrogen-bond acceptors (Lipinski definition) is 4. The molecule has 1 aliphatic rings. The van der Waals surface area contributed by atoms with Gasteiger partial charge in [-0.3, -0.25) is 0 Å². The lowest BCUT2D eigenvalue weighted by molar-refractivity contribution is 0.136. The van der Waals surface area contributed by atoms with E-state index in [1.807, 2.05) is 23.9 Å². The van der Waals surface area contributed by atoms with Crippen molar-refractivity contribution in [2.45, 2.75) is 49.0 Å². The molecule has 0 spiro atoms. The zero-order valence-electron chi connectivity index (χ0n) is 12.9. The Morgan fingerprint density at radius 1 is 1.14 bits per heavy atom. The van der Waals surface area contributed by atoms with Crippen LogP contribution in [-0.4, -0.2) is 36.7 Å². The van der Waals surface area contributed by atoms with Gasteiger partial charge in [-0.25, -0.2) is 0 Å². The zero-order chi connectivity index (χ0) is 15.0. The molecule has 1 aliphatic carbocycles. The minimum atomic E-state index is -0.269. The van der Waals surface area contributed by atoms with Gasteiger partial charge in [0.05, 0.1) is 12.7 Å². The van der Waals surface area contributed by atoms with E-state index in [0.29, 0.717) is 0 Å². The third-order valence-corrected chi connectivity index (χ3v) is 5.00. The lowest BCUT2D eigenvalue weighted by Crippen LogP contribution is -2.18. The van der Waals surface area contributed by atoms with Crippen molar-refractivity contribution in [3.63, 3.8) is 0 Å². The molecule has 3 nitrogen and oxygen atoms in total. The molecule has 0 unspecified atom stereocenters. The highest BCUT2D eigenvalue weighted by atomic mass is 32.2. The van der Waals surface area contributed by atoms with Crippen LogP contribution < -0.4 is 10.1 Å². The second-order valence-corrected chi connectivity index (χ2v) is 6.98. The first-order valence-corrected chi connectivity index (χ1v) is 8.90. The molecule has 0 atom stereocenters. The smallest absolute Gasteiger partial charge is 0.118 e. The van der Waals surface area contributed by atoms with Gasteiger partial charge in [0.1, 0.15) is 5.75 Å². The minimum absolute atomic E-state index is 0.269. The first-order valence-electron chi connectivity index (χ1n) is 7.92. The molecular weight excluding hydrogens is 282 g/mol. The van der Waals surface area contributed by atoms with Crippen molar-refractivity contribution in [2.75, 3.05) is 26.0 Å². The maximum atomic E-state index is 9.71. The molecule has 0 bridgehead atoms. The van der Waals surface area contributed by atoms with Crippen LogP contribution in [0.2, 0.25) is 0 Å². The van der Waals surface area contributed by atoms with Gasteiger partial charge in [0.2, 0.25) is 0 Å². The van der Waals surface area contributed by atoms with Gasteiger partial charge in [-0.05, 0) is 81.6 Å². The van der Waals surface area contributed by atoms with Gasteiger partial charge >= 0.3 is 0 Å². The van der Waals surface area contributed by atoms with Crippen molar-refractivity contribution < 1.29 is 9.84 Å². The van der Waals surface area contributed by atoms with Gasteiger partial charge in [0.25, 0.3) is 0 Å². The number of nitrogens with one attached hydrogen (secondary N) is 1. The number of methoxy groups -OCH3 is 1. The highest BCUT2D eigenvalue weighted by Gasteiger charge is 2.38. The van der Waals surface area contributed by atoms with E-state index < -0.39 is 0 Å². The number of hydrogen-bond donors (Lipinski definition) is 2. The van der Waals surface area contributed by atoms with E-state index in [-0.39, 0.29) is 5.60 Å². The molecule has 0 aliphatic heterocycles. The molecule has 1 aromatic rings. The minimum Gasteiger partial charge on any atom is -0.497 e. The van der Waals surface area contributed by atoms with Crippen LogP contribution in [0.3, 0.4) is 0 Å². The van der Waals surface area contributed by atoms with Gasteiger partial charge in [-0.1, -0.05) is 0 Å². The summed E-state index contributed by atoms with van der Waals surface area (Å²) in [6.07, 6.45) is 6.52. The molecule has 4 heteroatoms. The van der Waals surface area contributed by atoms with Crippen molar-refractivity contribution in [2.24, 2.45) is 0 Å². The molecule has 1 fully saturated rings. The van der Waals surface area contributed by atoms with Gasteiger partial charge in [-0.2, -0.15) is 0 Å². The van der Waals surface area contributed by atoms with Crippen molar-refractivity contribution >= 4 is 11.8 Å². The Morgan fingerprint density at radius 3 is 2.52 bits per heavy atom. The first-order chi connectivity index (χ1) is 10.2. The van der Waals surface area contributed by atoms with Crippen molar-refractivity contribution in [3.05, 3.63) is 24.3 Å². The van der Waals surface area contributed by atoms with Gasteiger partial charge in [0, 0.05) is 4.90 Å². The topological polar surface area (TPSA) is 41.5 Å². The van der Waals surface area contributed by atoms with Gasteiger partial charge in [-0.15, -0.1) is 11.8 Å². The van der Waals surface area contributed by atoms with E-state index in [1.165, 1.54) is 17.7 Å². The number of rotatable bonds is 11. The summed E-state index contributed by atoms with van der Waals surface area (Å²) in [5.41, 5.74) is -0.269. The molecular formula is C17H27NO2S. The second-order valence-electron chi connectivity index (χ2n) is 5.81. The number of thioether (sulfide) groups is 1. The predicted octanol–water partition coefficient (Wildman–Crippen LogP) is 3.46. The van der Waals surface area contributed by atoms with Crippen LogP contribution in [-0.2, 0) is 0 Å². The lowest BCUT2D eigenvalue weighted by Gasteiger charge is -2.08. The second kappa shape index (κ2) is 8.66. The highest BCUT2D eigenvalue weighted by Crippen LogP contribution is 2.39. The van der Waals surface area contributed by atoms with E-state index in [1.54, 1.807) is 7.11 Å². The molecule has 2 N–H and O–H groups in total. The fraction of sp³-hybridized carbons (Fsp3) is 0.647. The Morgan fingerprint density at radius 2 is 1.86 bits per heavy atom. The van der Waals surface area contributed by atoms with Crippen LogP contribution in [0.4, 0.5) is 0 Å². The van der Waals surface area contributed by atoms with Crippen LogP contribution in [0.5, 0.6) is 5.75 Å². The largest absolute Gasteiger partial charge is 0.497 e. The van der Waals surface area contributed by atoms with Crippen LogP contribution in [0, 0.1) is 0 Å². The Labute approximate surface area is 132 Å². The number of aliphatic hydroxyl groups is 1. The third-order valence-electron chi connectivity index (χ3n) is 3.90. The maximum Gasteiger partial charge on any atom is 0.118 e. The fourth-order valence-electron chi connectivity index (χ4n) is 2.28. The fourth-order valence-corrected chi connectivity index (χ4v) is 3.14. The molecule has 0 heterocycles. The maximum absolute atomic E-state index is 9.71. The van der Waals surface area contributed by atoms with E-state index >= 15 is 0 Å². The SMILES string of the molecule is COc1ccc(SCCCNCCCCC2(O)CC2)cc1. The molecule has 0 saturated heterocycles. The number of ether oxygens (including phenoxy) is 1. The first kappa shape index (κ1) is 16.7. The van der Waals surface area contributed by atoms with Gasteiger partial charge < -0.3 is 15.2 Å². The van der Waals surface area contributed by atoms with Crippen molar-refractivity contribution in [3.8, 4) is 5.75 Å². The summed E-state index contributed by atoms with van der Waals surface area (Å²) in [7, 11) is 1.69. The number of unbranched alkanes of at least 4 members (excludes halogenated alkanes) is 1. The monoisotopic (exact) mass is 309 g/mol. The molecule has 1 aromatic carbocycles. The summed E-state index contributed by atoms with van der Waals surface area (Å²) in [6.45, 7) is 2.15. The van der Waals surface area contributed by atoms with Crippen LogP contribution in [0.1, 0.15) is 38.5 Å². The normalized spacial score (nSPS) is 15.9. The summed E-state index contributed by atoms with van der Waals surface area (Å²) in [4.78, 5) is 1.30. The molecule has 0 radical (unpaired) electrons. The van der Waals surface area contributed by atoms with E-state index in [4.69, 9.17) is 4.74 Å². The zero-order valence-corrected chi connectivity index (χ0v) is 13.8. The summed E-state index contributed by atoms with van der Waals surface area (Å²) in [6, 6.07) is 8.24. The van der Waals surface area contributed by atoms with E-state index in [0.717, 1.165) is 50.3 Å². The van der Waals surface area contributed by atoms with Crippen LogP contribution in [0.25, 0.3) is 0 Å². The van der Waals surface area contributed by atoms with Crippen LogP contribution >= 0.6 is 11.8 Å². The summed E-state index contributed by atoms with van der Waals surface area (Å²) in [5.74, 6) is 2.05. The summed E-state index contributed by atoms with van der Waals surface area (Å²) >= 11 is 1.89. The Kier molecular flexibility index (Phi) is 6.87. The average molecular weight is 309 g/mol. The molecule has 21 heavy (non-hydrogen) atoms. The standard InChI is InChI=1S/C17H27NO2S/c1-20-15-5-7-16(8-6-15)21-14-4-13-18-12-3-2-9-17(19)10-11-17/h5-8,18-19H,2-4,9-14H2,1H3. The molecule has 2 rings (SSSR count). The molecule has 118 valence electrons. The highest BCUT2D eigenvalue weighted by molar-refractivity contribution is 7.99. The summed E-state index contributed by atoms with van der Waals surface area (Å²) < 4.78 is 5.15. The lowest BCUT2D eigenvalue weighted by atomic mass is 10.1. The third kappa shape index (κ3) is 6.72. The average Bonchev–Trinajstić information content (AvgIpc) is 3.24. The van der Waals surface area contributed by atoms with Crippen molar-refractivity contribution in [1.29, 1.82) is 0 Å². The quantitative estimate of drug-likeness (QED) is 0.485. The molecule has 0 aromatic heterocycles. The van der Waals surface area contributed by atoms with E-state index in [9.17, 15) is 5.11 Å². The van der Waals surface area contributed by atoms with Crippen LogP contribution in [0.15, 0.2) is 29.2 Å². The number of benzene rings is 1.